The number of rotatable bonds is 4. The van der Waals surface area contributed by atoms with Gasteiger partial charge in [0.2, 0.25) is 0 Å². The van der Waals surface area contributed by atoms with Gasteiger partial charge in [-0.15, -0.1) is 0 Å². The van der Waals surface area contributed by atoms with Gasteiger partial charge in [0.25, 0.3) is 0 Å². The average molecular weight is 327 g/mol. The van der Waals surface area contributed by atoms with Crippen LogP contribution in [0, 0.1) is 0 Å². The van der Waals surface area contributed by atoms with Crippen molar-refractivity contribution in [2.24, 2.45) is 0 Å². The summed E-state index contributed by atoms with van der Waals surface area (Å²) in [5.41, 5.74) is 0.469. The van der Waals surface area contributed by atoms with Gasteiger partial charge >= 0.3 is 6.03 Å². The number of anilines is 1. The molecule has 0 spiro atoms. The van der Waals surface area contributed by atoms with Gasteiger partial charge in [0.15, 0.2) is 6.73 Å². The zero-order chi connectivity index (χ0) is 15.2. The van der Waals surface area contributed by atoms with Crippen LogP contribution in [0.4, 0.5) is 10.5 Å². The maximum atomic E-state index is 11.6. The van der Waals surface area contributed by atoms with E-state index in [1.165, 1.54) is 12.1 Å². The van der Waals surface area contributed by atoms with Gasteiger partial charge in [-0.3, -0.25) is 0 Å². The SMILES string of the molecule is O=C(NCOc1ccc(Cl)cc1Cl)Nc1cccc(O)c1. The highest BCUT2D eigenvalue weighted by molar-refractivity contribution is 6.35. The first-order valence-corrected chi connectivity index (χ1v) is 6.72. The molecular weight excluding hydrogens is 315 g/mol. The number of aromatic hydroxyl groups is 1. The van der Waals surface area contributed by atoms with E-state index in [4.69, 9.17) is 27.9 Å². The normalized spacial score (nSPS) is 10.0. The molecule has 0 aliphatic rings. The van der Waals surface area contributed by atoms with Crippen LogP contribution in [0.25, 0.3) is 0 Å². The topological polar surface area (TPSA) is 70.6 Å². The lowest BCUT2D eigenvalue weighted by atomic mass is 10.3. The van der Waals surface area contributed by atoms with Gasteiger partial charge in [-0.2, -0.15) is 0 Å². The Kier molecular flexibility index (Phi) is 5.14. The summed E-state index contributed by atoms with van der Waals surface area (Å²) in [4.78, 5) is 11.6. The monoisotopic (exact) mass is 326 g/mol. The van der Waals surface area contributed by atoms with Crippen LogP contribution in [0.5, 0.6) is 11.5 Å². The molecule has 2 aromatic rings. The lowest BCUT2D eigenvalue weighted by Gasteiger charge is -2.10. The number of hydrogen-bond donors (Lipinski definition) is 3. The Labute approximate surface area is 131 Å². The van der Waals surface area contributed by atoms with Crippen molar-refractivity contribution < 1.29 is 14.6 Å². The van der Waals surface area contributed by atoms with Crippen LogP contribution in [0.1, 0.15) is 0 Å². The largest absolute Gasteiger partial charge is 0.508 e. The number of halogens is 2. The molecule has 2 rings (SSSR count). The van der Waals surface area contributed by atoms with Crippen molar-refractivity contribution in [1.82, 2.24) is 5.32 Å². The Morgan fingerprint density at radius 1 is 1.19 bits per heavy atom. The number of ether oxygens (including phenoxy) is 1. The molecule has 0 heterocycles. The van der Waals surface area contributed by atoms with Crippen LogP contribution < -0.4 is 15.4 Å². The van der Waals surface area contributed by atoms with Crippen LogP contribution in [-0.2, 0) is 0 Å². The molecule has 0 unspecified atom stereocenters. The van der Waals surface area contributed by atoms with Gasteiger partial charge in [-0.25, -0.2) is 4.79 Å². The summed E-state index contributed by atoms with van der Waals surface area (Å²) >= 11 is 11.7. The van der Waals surface area contributed by atoms with E-state index in [-0.39, 0.29) is 12.5 Å². The molecule has 7 heteroatoms. The molecular formula is C14H12Cl2N2O3. The standard InChI is InChI=1S/C14H12Cl2N2O3/c15-9-4-5-13(12(16)6-9)21-8-17-14(20)18-10-2-1-3-11(19)7-10/h1-7,19H,8H2,(H2,17,18,20). The fourth-order valence-electron chi connectivity index (χ4n) is 1.53. The molecule has 0 saturated carbocycles. The quantitative estimate of drug-likeness (QED) is 0.747. The third-order valence-electron chi connectivity index (χ3n) is 2.46. The van der Waals surface area contributed by atoms with E-state index < -0.39 is 6.03 Å². The molecule has 0 aromatic heterocycles. The van der Waals surface area contributed by atoms with Gasteiger partial charge in [0, 0.05) is 16.8 Å². The van der Waals surface area contributed by atoms with Crippen LogP contribution >= 0.6 is 23.2 Å². The molecule has 0 bridgehead atoms. The van der Waals surface area contributed by atoms with Crippen LogP contribution in [-0.4, -0.2) is 17.9 Å². The zero-order valence-electron chi connectivity index (χ0n) is 10.8. The minimum atomic E-state index is -0.467. The van der Waals surface area contributed by atoms with Crippen LogP contribution in [0.15, 0.2) is 42.5 Å². The highest BCUT2D eigenvalue weighted by Gasteiger charge is 2.04. The zero-order valence-corrected chi connectivity index (χ0v) is 12.3. The minimum absolute atomic E-state index is 0.0635. The second kappa shape index (κ2) is 7.06. The van der Waals surface area contributed by atoms with E-state index in [9.17, 15) is 9.90 Å². The molecule has 0 aliphatic carbocycles. The van der Waals surface area contributed by atoms with Crippen molar-refractivity contribution in [2.75, 3.05) is 12.0 Å². The molecule has 5 nitrogen and oxygen atoms in total. The maximum Gasteiger partial charge on any atom is 0.321 e. The fraction of sp³-hybridized carbons (Fsp3) is 0.0714. The van der Waals surface area contributed by atoms with Crippen molar-refractivity contribution in [3.8, 4) is 11.5 Å². The van der Waals surface area contributed by atoms with Gasteiger partial charge in [-0.05, 0) is 30.3 Å². The van der Waals surface area contributed by atoms with Gasteiger partial charge in [-0.1, -0.05) is 29.3 Å². The Morgan fingerprint density at radius 2 is 2.00 bits per heavy atom. The lowest BCUT2D eigenvalue weighted by molar-refractivity contribution is 0.234. The van der Waals surface area contributed by atoms with E-state index in [0.717, 1.165) is 0 Å². The summed E-state index contributed by atoms with van der Waals surface area (Å²) in [6.07, 6.45) is 0. The first-order chi connectivity index (χ1) is 10.0. The van der Waals surface area contributed by atoms with Gasteiger partial charge < -0.3 is 20.5 Å². The number of urea groups is 1. The summed E-state index contributed by atoms with van der Waals surface area (Å²) in [6, 6.07) is 10.5. The first kappa shape index (κ1) is 15.3. The average Bonchev–Trinajstić information content (AvgIpc) is 2.41. The number of benzene rings is 2. The highest BCUT2D eigenvalue weighted by Crippen LogP contribution is 2.27. The predicted octanol–water partition coefficient (Wildman–Crippen LogP) is 3.86. The third kappa shape index (κ3) is 4.73. The molecule has 0 aliphatic heterocycles. The fourth-order valence-corrected chi connectivity index (χ4v) is 1.99. The van der Waals surface area contributed by atoms with E-state index in [2.05, 4.69) is 10.6 Å². The Balaban J connectivity index is 1.81. The number of hydrogen-bond acceptors (Lipinski definition) is 3. The molecule has 0 radical (unpaired) electrons. The second-order valence-electron chi connectivity index (χ2n) is 4.04. The highest BCUT2D eigenvalue weighted by atomic mass is 35.5. The van der Waals surface area contributed by atoms with E-state index >= 15 is 0 Å². The van der Waals surface area contributed by atoms with E-state index in [1.807, 2.05) is 0 Å². The minimum Gasteiger partial charge on any atom is -0.508 e. The Morgan fingerprint density at radius 3 is 2.71 bits per heavy atom. The number of phenolic OH excluding ortho intramolecular Hbond substituents is 1. The number of amides is 2. The van der Waals surface area contributed by atoms with E-state index in [1.54, 1.807) is 30.3 Å². The van der Waals surface area contributed by atoms with Crippen molar-refractivity contribution in [2.45, 2.75) is 0 Å². The number of nitrogens with one attached hydrogen (secondary N) is 2. The summed E-state index contributed by atoms with van der Waals surface area (Å²) in [6.45, 7) is -0.0635. The molecule has 0 atom stereocenters. The molecule has 0 saturated heterocycles. The number of carbonyl (C=O) groups is 1. The van der Waals surface area contributed by atoms with Gasteiger partial charge in [0.05, 0.1) is 5.02 Å². The Hall–Kier alpha value is -2.11. The summed E-state index contributed by atoms with van der Waals surface area (Å²) in [5.74, 6) is 0.482. The molecule has 21 heavy (non-hydrogen) atoms. The van der Waals surface area contributed by atoms with Crippen LogP contribution in [0.2, 0.25) is 10.0 Å². The van der Waals surface area contributed by atoms with Crippen LogP contribution in [0.3, 0.4) is 0 Å². The molecule has 3 N–H and O–H groups in total. The van der Waals surface area contributed by atoms with Crippen molar-refractivity contribution >= 4 is 34.9 Å². The molecule has 2 amide bonds. The second-order valence-corrected chi connectivity index (χ2v) is 4.89. The first-order valence-electron chi connectivity index (χ1n) is 5.96. The number of carbonyl (C=O) groups excluding carboxylic acids is 1. The summed E-state index contributed by atoms with van der Waals surface area (Å²) in [7, 11) is 0. The number of phenols is 1. The Bertz CT molecular complexity index is 650. The molecule has 110 valence electrons. The van der Waals surface area contributed by atoms with E-state index in [0.29, 0.717) is 21.5 Å². The predicted molar refractivity (Wildman–Crippen MR) is 82.2 cm³/mol. The summed E-state index contributed by atoms with van der Waals surface area (Å²) in [5, 5.41) is 15.2. The third-order valence-corrected chi connectivity index (χ3v) is 2.99. The molecule has 0 fully saturated rings. The molecule has 2 aromatic carbocycles. The lowest BCUT2D eigenvalue weighted by Crippen LogP contribution is -2.32. The van der Waals surface area contributed by atoms with Crippen molar-refractivity contribution in [3.05, 3.63) is 52.5 Å². The van der Waals surface area contributed by atoms with Crippen molar-refractivity contribution in [3.63, 3.8) is 0 Å². The smallest absolute Gasteiger partial charge is 0.321 e. The summed E-state index contributed by atoms with van der Waals surface area (Å²) < 4.78 is 5.31. The van der Waals surface area contributed by atoms with Crippen molar-refractivity contribution in [1.29, 1.82) is 0 Å². The van der Waals surface area contributed by atoms with Gasteiger partial charge in [0.1, 0.15) is 11.5 Å². The maximum absolute atomic E-state index is 11.6.